The lowest BCUT2D eigenvalue weighted by molar-refractivity contribution is -0.138. The molecular formula is C15H13FN2O4S2. The summed E-state index contributed by atoms with van der Waals surface area (Å²) in [5.41, 5.74) is 0.663. The quantitative estimate of drug-likeness (QED) is 0.586. The summed E-state index contributed by atoms with van der Waals surface area (Å²) in [6.07, 6.45) is 1.55. The number of carboxylic acid groups (broad SMARTS) is 1. The molecule has 0 aliphatic carbocycles. The van der Waals surface area contributed by atoms with Crippen molar-refractivity contribution >= 4 is 52.2 Å². The summed E-state index contributed by atoms with van der Waals surface area (Å²) in [6.45, 7) is -0.404. The molecule has 1 aliphatic heterocycles. The molecule has 1 aromatic rings. The van der Waals surface area contributed by atoms with Crippen LogP contribution in [0.1, 0.15) is 12.0 Å². The summed E-state index contributed by atoms with van der Waals surface area (Å²) in [6, 6.07) is 5.67. The number of benzene rings is 1. The number of nitrogens with one attached hydrogen (secondary N) is 1. The normalized spacial score (nSPS) is 15.9. The first-order valence-electron chi connectivity index (χ1n) is 6.86. The Kier molecular flexibility index (Phi) is 6.04. The minimum Gasteiger partial charge on any atom is -0.480 e. The number of carbonyl (C=O) groups is 3. The van der Waals surface area contributed by atoms with Crippen LogP contribution in [-0.2, 0) is 14.4 Å². The molecule has 1 heterocycles. The van der Waals surface area contributed by atoms with Crippen LogP contribution < -0.4 is 5.32 Å². The number of carbonyl (C=O) groups excluding carboxylic acids is 2. The third-order valence-electron chi connectivity index (χ3n) is 3.04. The first kappa shape index (κ1) is 18.1. The van der Waals surface area contributed by atoms with Gasteiger partial charge >= 0.3 is 5.97 Å². The molecule has 2 rings (SSSR count). The second-order valence-corrected chi connectivity index (χ2v) is 6.48. The van der Waals surface area contributed by atoms with E-state index in [1.807, 2.05) is 0 Å². The number of amides is 2. The van der Waals surface area contributed by atoms with Gasteiger partial charge in [-0.1, -0.05) is 36.1 Å². The fourth-order valence-electron chi connectivity index (χ4n) is 1.88. The van der Waals surface area contributed by atoms with Crippen molar-refractivity contribution in [3.63, 3.8) is 0 Å². The van der Waals surface area contributed by atoms with Gasteiger partial charge in [0, 0.05) is 13.0 Å². The fraction of sp³-hybridized carbons (Fsp3) is 0.200. The van der Waals surface area contributed by atoms with Crippen LogP contribution in [0.3, 0.4) is 0 Å². The van der Waals surface area contributed by atoms with E-state index in [1.54, 1.807) is 18.2 Å². The van der Waals surface area contributed by atoms with Gasteiger partial charge in [-0.05, 0) is 23.8 Å². The topological polar surface area (TPSA) is 86.7 Å². The smallest absolute Gasteiger partial charge is 0.322 e. The number of carboxylic acids is 1. The molecular weight excluding hydrogens is 355 g/mol. The Morgan fingerprint density at radius 2 is 2.00 bits per heavy atom. The lowest BCUT2D eigenvalue weighted by Crippen LogP contribution is -2.35. The Bertz CT molecular complexity index is 719. The molecule has 0 saturated carbocycles. The summed E-state index contributed by atoms with van der Waals surface area (Å²) < 4.78 is 13.2. The van der Waals surface area contributed by atoms with Crippen molar-refractivity contribution in [2.24, 2.45) is 0 Å². The minimum absolute atomic E-state index is 0.0520. The van der Waals surface area contributed by atoms with E-state index in [0.29, 0.717) is 14.8 Å². The van der Waals surface area contributed by atoms with Crippen LogP contribution in [0.25, 0.3) is 6.08 Å². The van der Waals surface area contributed by atoms with Gasteiger partial charge in [0.05, 0.1) is 4.91 Å². The number of aliphatic carboxylic acids is 1. The maximum absolute atomic E-state index is 12.9. The molecule has 0 unspecified atom stereocenters. The van der Waals surface area contributed by atoms with Gasteiger partial charge in [-0.15, -0.1) is 0 Å². The Morgan fingerprint density at radius 3 is 2.62 bits per heavy atom. The van der Waals surface area contributed by atoms with E-state index in [9.17, 15) is 18.8 Å². The fourth-order valence-corrected chi connectivity index (χ4v) is 3.19. The molecule has 6 nitrogen and oxygen atoms in total. The number of rotatable bonds is 6. The van der Waals surface area contributed by atoms with Gasteiger partial charge in [0.2, 0.25) is 5.91 Å². The zero-order valence-corrected chi connectivity index (χ0v) is 14.0. The number of thiocarbonyl (C=S) groups is 1. The SMILES string of the molecule is O=C(O)CNC(=O)CCN1C(=O)/C(=C/c2ccc(F)cc2)SC1=S. The molecule has 0 radical (unpaired) electrons. The van der Waals surface area contributed by atoms with E-state index in [1.165, 1.54) is 17.0 Å². The standard InChI is InChI=1S/C15H13FN2O4S2/c16-10-3-1-9(2-4-10)7-11-14(22)18(15(23)24-11)6-5-12(19)17-8-13(20)21/h1-4,7H,5-6,8H2,(H,17,19)(H,20,21)/b11-7-. The maximum atomic E-state index is 12.9. The molecule has 126 valence electrons. The van der Waals surface area contributed by atoms with Crippen molar-refractivity contribution in [2.45, 2.75) is 6.42 Å². The molecule has 2 amide bonds. The van der Waals surface area contributed by atoms with Gasteiger partial charge in [-0.2, -0.15) is 0 Å². The number of halogens is 1. The van der Waals surface area contributed by atoms with Crippen LogP contribution in [0.2, 0.25) is 0 Å². The second kappa shape index (κ2) is 8.02. The third kappa shape index (κ3) is 4.87. The Hall–Kier alpha value is -2.26. The Balaban J connectivity index is 1.97. The average molecular weight is 368 g/mol. The highest BCUT2D eigenvalue weighted by molar-refractivity contribution is 8.26. The second-order valence-electron chi connectivity index (χ2n) is 4.81. The number of thioether (sulfide) groups is 1. The van der Waals surface area contributed by atoms with Gasteiger partial charge in [0.15, 0.2) is 0 Å². The maximum Gasteiger partial charge on any atom is 0.322 e. The van der Waals surface area contributed by atoms with Gasteiger partial charge in [0.25, 0.3) is 5.91 Å². The van der Waals surface area contributed by atoms with E-state index < -0.39 is 18.4 Å². The number of hydrogen-bond acceptors (Lipinski definition) is 5. The lowest BCUT2D eigenvalue weighted by Gasteiger charge is -2.13. The van der Waals surface area contributed by atoms with E-state index in [4.69, 9.17) is 17.3 Å². The first-order chi connectivity index (χ1) is 11.4. The van der Waals surface area contributed by atoms with Gasteiger partial charge < -0.3 is 10.4 Å². The zero-order chi connectivity index (χ0) is 17.7. The molecule has 0 aromatic heterocycles. The summed E-state index contributed by atoms with van der Waals surface area (Å²) in [4.78, 5) is 35.9. The van der Waals surface area contributed by atoms with Gasteiger partial charge in [-0.25, -0.2) is 4.39 Å². The molecule has 1 aromatic carbocycles. The van der Waals surface area contributed by atoms with E-state index in [0.717, 1.165) is 11.8 Å². The molecule has 2 N–H and O–H groups in total. The van der Waals surface area contributed by atoms with Crippen molar-refractivity contribution in [1.29, 1.82) is 0 Å². The van der Waals surface area contributed by atoms with Crippen molar-refractivity contribution in [3.8, 4) is 0 Å². The van der Waals surface area contributed by atoms with Crippen LogP contribution >= 0.6 is 24.0 Å². The molecule has 0 spiro atoms. The molecule has 1 fully saturated rings. The Morgan fingerprint density at radius 1 is 1.33 bits per heavy atom. The van der Waals surface area contributed by atoms with Crippen molar-refractivity contribution in [1.82, 2.24) is 10.2 Å². The predicted octanol–water partition coefficient (Wildman–Crippen LogP) is 1.62. The summed E-state index contributed by atoms with van der Waals surface area (Å²) >= 11 is 6.23. The van der Waals surface area contributed by atoms with Gasteiger partial charge in [0.1, 0.15) is 16.7 Å². The van der Waals surface area contributed by atoms with Crippen molar-refractivity contribution < 1.29 is 23.9 Å². The predicted molar refractivity (Wildman–Crippen MR) is 91.5 cm³/mol. The molecule has 24 heavy (non-hydrogen) atoms. The van der Waals surface area contributed by atoms with Crippen LogP contribution in [-0.4, -0.2) is 45.2 Å². The molecule has 1 saturated heterocycles. The van der Waals surface area contributed by atoms with Gasteiger partial charge in [-0.3, -0.25) is 19.3 Å². The average Bonchev–Trinajstić information content (AvgIpc) is 2.79. The highest BCUT2D eigenvalue weighted by Crippen LogP contribution is 2.32. The minimum atomic E-state index is -1.14. The zero-order valence-electron chi connectivity index (χ0n) is 12.3. The van der Waals surface area contributed by atoms with Crippen molar-refractivity contribution in [2.75, 3.05) is 13.1 Å². The lowest BCUT2D eigenvalue weighted by atomic mass is 10.2. The first-order valence-corrected chi connectivity index (χ1v) is 8.08. The van der Waals surface area contributed by atoms with E-state index >= 15 is 0 Å². The van der Waals surface area contributed by atoms with E-state index in [2.05, 4.69) is 5.32 Å². The third-order valence-corrected chi connectivity index (χ3v) is 4.42. The summed E-state index contributed by atoms with van der Waals surface area (Å²) in [5.74, 6) is -2.32. The molecule has 0 bridgehead atoms. The summed E-state index contributed by atoms with van der Waals surface area (Å²) in [5, 5.41) is 10.7. The molecule has 1 aliphatic rings. The van der Waals surface area contributed by atoms with Crippen LogP contribution in [0.5, 0.6) is 0 Å². The Labute approximate surface area is 146 Å². The highest BCUT2D eigenvalue weighted by atomic mass is 32.2. The van der Waals surface area contributed by atoms with E-state index in [-0.39, 0.29) is 24.7 Å². The highest BCUT2D eigenvalue weighted by Gasteiger charge is 2.32. The number of nitrogens with zero attached hydrogens (tertiary/aromatic N) is 1. The van der Waals surface area contributed by atoms with Crippen molar-refractivity contribution in [3.05, 3.63) is 40.6 Å². The molecule has 9 heteroatoms. The van der Waals surface area contributed by atoms with Crippen LogP contribution in [0.4, 0.5) is 4.39 Å². The number of hydrogen-bond donors (Lipinski definition) is 2. The molecule has 0 atom stereocenters. The largest absolute Gasteiger partial charge is 0.480 e. The summed E-state index contributed by atoms with van der Waals surface area (Å²) in [7, 11) is 0. The van der Waals surface area contributed by atoms with Crippen LogP contribution in [0, 0.1) is 5.82 Å². The monoisotopic (exact) mass is 368 g/mol. The van der Waals surface area contributed by atoms with Crippen LogP contribution in [0.15, 0.2) is 29.2 Å².